The summed E-state index contributed by atoms with van der Waals surface area (Å²) in [7, 11) is 0. The van der Waals surface area contributed by atoms with Gasteiger partial charge in [0.2, 0.25) is 11.8 Å². The maximum Gasteiger partial charge on any atom is 0.328 e. The van der Waals surface area contributed by atoms with Crippen LogP contribution in [0.5, 0.6) is 5.75 Å². The number of amides is 2. The van der Waals surface area contributed by atoms with Gasteiger partial charge in [0.25, 0.3) is 0 Å². The van der Waals surface area contributed by atoms with Crippen LogP contribution in [0.2, 0.25) is 0 Å². The number of amidine groups is 1. The van der Waals surface area contributed by atoms with Gasteiger partial charge < -0.3 is 20.1 Å². The molecule has 10 heteroatoms. The average Bonchev–Trinajstić information content (AvgIpc) is 3.21. The Morgan fingerprint density at radius 1 is 1.08 bits per heavy atom. The molecule has 1 saturated heterocycles. The third-order valence-corrected chi connectivity index (χ3v) is 6.08. The largest absolute Gasteiger partial charge is 0.489 e. The maximum atomic E-state index is 12.7. The number of nitrogens with zero attached hydrogens (tertiary/aromatic N) is 2. The van der Waals surface area contributed by atoms with Crippen molar-refractivity contribution in [1.29, 1.82) is 0 Å². The van der Waals surface area contributed by atoms with Crippen molar-refractivity contribution in [2.75, 3.05) is 6.61 Å². The third kappa shape index (κ3) is 8.53. The van der Waals surface area contributed by atoms with E-state index in [9.17, 15) is 14.4 Å². The number of hydrogen-bond donors (Lipinski definition) is 2. The van der Waals surface area contributed by atoms with Crippen LogP contribution in [0.15, 0.2) is 64.8 Å². The maximum absolute atomic E-state index is 12.7. The van der Waals surface area contributed by atoms with Gasteiger partial charge in [-0.2, -0.15) is 5.10 Å². The quantitative estimate of drug-likeness (QED) is 0.272. The molecule has 190 valence electrons. The van der Waals surface area contributed by atoms with Crippen molar-refractivity contribution in [2.24, 2.45) is 10.2 Å². The van der Waals surface area contributed by atoms with Crippen molar-refractivity contribution in [3.05, 3.63) is 65.7 Å². The van der Waals surface area contributed by atoms with Gasteiger partial charge in [0.05, 0.1) is 6.61 Å². The molecule has 2 N–H and O–H groups in total. The fourth-order valence-electron chi connectivity index (χ4n) is 3.29. The molecule has 0 aromatic heterocycles. The number of nitrogens with one attached hydrogen (secondary N) is 2. The summed E-state index contributed by atoms with van der Waals surface area (Å²) in [5.74, 6) is -0.589. The van der Waals surface area contributed by atoms with Gasteiger partial charge in [-0.3, -0.25) is 9.59 Å². The van der Waals surface area contributed by atoms with Crippen molar-refractivity contribution in [3.63, 3.8) is 0 Å². The number of thioether (sulfide) groups is 1. The first-order valence-corrected chi connectivity index (χ1v) is 12.5. The molecular weight excluding hydrogens is 480 g/mol. The molecule has 3 rings (SSSR count). The number of ether oxygens (including phenoxy) is 2. The molecule has 1 fully saturated rings. The summed E-state index contributed by atoms with van der Waals surface area (Å²) in [5.41, 5.74) is 2.63. The summed E-state index contributed by atoms with van der Waals surface area (Å²) in [5, 5.41) is 12.9. The lowest BCUT2D eigenvalue weighted by Gasteiger charge is -2.18. The summed E-state index contributed by atoms with van der Waals surface area (Å²) in [6.07, 6.45) is 0.136. The molecule has 1 aliphatic rings. The fraction of sp³-hybridized carbons (Fsp3) is 0.346. The van der Waals surface area contributed by atoms with E-state index >= 15 is 0 Å². The van der Waals surface area contributed by atoms with E-state index in [1.165, 1.54) is 0 Å². The van der Waals surface area contributed by atoms with Crippen molar-refractivity contribution in [3.8, 4) is 5.75 Å². The first kappa shape index (κ1) is 26.9. The Bertz CT molecular complexity index is 1110. The Hall–Kier alpha value is -3.66. The number of carbonyl (C=O) groups is 3. The zero-order valence-corrected chi connectivity index (χ0v) is 21.3. The molecule has 2 aromatic rings. The summed E-state index contributed by atoms with van der Waals surface area (Å²) >= 11 is 1.13. The van der Waals surface area contributed by atoms with Gasteiger partial charge in [-0.25, -0.2) is 4.79 Å². The van der Waals surface area contributed by atoms with E-state index in [1.807, 2.05) is 54.6 Å². The molecular formula is C26H30N4O5S. The minimum Gasteiger partial charge on any atom is -0.489 e. The number of carbonyl (C=O) groups excluding carboxylic acids is 3. The van der Waals surface area contributed by atoms with Crippen LogP contribution in [-0.4, -0.2) is 46.6 Å². The minimum atomic E-state index is -0.886. The van der Waals surface area contributed by atoms with Gasteiger partial charge in [-0.1, -0.05) is 54.2 Å². The second kappa shape index (κ2) is 13.4. The molecule has 0 spiro atoms. The summed E-state index contributed by atoms with van der Waals surface area (Å²) in [6.45, 7) is 5.92. The predicted octanol–water partition coefficient (Wildman–Crippen LogP) is 3.23. The zero-order valence-electron chi connectivity index (χ0n) is 20.5. The van der Waals surface area contributed by atoms with Crippen LogP contribution < -0.4 is 15.4 Å². The lowest BCUT2D eigenvalue weighted by atomic mass is 10.1. The highest BCUT2D eigenvalue weighted by atomic mass is 32.2. The molecule has 9 nitrogen and oxygen atoms in total. The van der Waals surface area contributed by atoms with Crippen LogP contribution in [0.3, 0.4) is 0 Å². The monoisotopic (exact) mass is 510 g/mol. The van der Waals surface area contributed by atoms with E-state index in [1.54, 1.807) is 20.8 Å². The standard InChI is InChI=1S/C26H30N4O5S/c1-4-34-25(33)21(27-23(31)15-22-24(32)28-26(36-22)30-29-17(2)3)14-18-10-12-20(13-11-18)35-16-19-8-6-5-7-9-19/h5-13,21-22H,4,14-16H2,1-3H3,(H,27,31)(H,28,30,32). The summed E-state index contributed by atoms with van der Waals surface area (Å²) in [6, 6.07) is 16.3. The number of benzene rings is 2. The Kier molecular flexibility index (Phi) is 10.1. The average molecular weight is 511 g/mol. The highest BCUT2D eigenvalue weighted by molar-refractivity contribution is 8.15. The van der Waals surface area contributed by atoms with Gasteiger partial charge in [-0.05, 0) is 44.0 Å². The normalized spacial score (nSPS) is 16.7. The van der Waals surface area contributed by atoms with Crippen molar-refractivity contribution < 1.29 is 23.9 Å². The van der Waals surface area contributed by atoms with Gasteiger partial charge in [0, 0.05) is 18.6 Å². The first-order chi connectivity index (χ1) is 17.3. The van der Waals surface area contributed by atoms with Gasteiger partial charge >= 0.3 is 5.97 Å². The van der Waals surface area contributed by atoms with E-state index in [4.69, 9.17) is 9.47 Å². The Labute approximate surface area is 214 Å². The van der Waals surface area contributed by atoms with Crippen molar-refractivity contribution >= 4 is 40.4 Å². The molecule has 0 radical (unpaired) electrons. The Morgan fingerprint density at radius 2 is 1.81 bits per heavy atom. The number of rotatable bonds is 11. The van der Waals surface area contributed by atoms with E-state index in [2.05, 4.69) is 20.8 Å². The summed E-state index contributed by atoms with van der Waals surface area (Å²) < 4.78 is 11.0. The van der Waals surface area contributed by atoms with Crippen LogP contribution in [0, 0.1) is 0 Å². The lowest BCUT2D eigenvalue weighted by molar-refractivity contribution is -0.147. The van der Waals surface area contributed by atoms with Crippen molar-refractivity contribution in [2.45, 2.75) is 51.5 Å². The molecule has 2 amide bonds. The number of hydrogen-bond acceptors (Lipinski definition) is 8. The molecule has 0 saturated carbocycles. The SMILES string of the molecule is CCOC(=O)C(Cc1ccc(OCc2ccccc2)cc1)NC(=O)CC1SC(=NN=C(C)C)NC1=O. The molecule has 2 atom stereocenters. The smallest absolute Gasteiger partial charge is 0.328 e. The van der Waals surface area contributed by atoms with Gasteiger partial charge in [-0.15, -0.1) is 5.10 Å². The van der Waals surface area contributed by atoms with Crippen molar-refractivity contribution in [1.82, 2.24) is 10.6 Å². The van der Waals surface area contributed by atoms with E-state index in [-0.39, 0.29) is 25.4 Å². The first-order valence-electron chi connectivity index (χ1n) is 11.6. The molecule has 1 aliphatic heterocycles. The molecule has 0 aliphatic carbocycles. The van der Waals surface area contributed by atoms with E-state index in [0.717, 1.165) is 28.6 Å². The minimum absolute atomic E-state index is 0.105. The predicted molar refractivity (Wildman–Crippen MR) is 140 cm³/mol. The second-order valence-corrected chi connectivity index (χ2v) is 9.44. The molecule has 2 unspecified atom stereocenters. The van der Waals surface area contributed by atoms with E-state index in [0.29, 0.717) is 17.5 Å². The van der Waals surface area contributed by atoms with Crippen LogP contribution in [0.1, 0.15) is 38.3 Å². The molecule has 2 aromatic carbocycles. The van der Waals surface area contributed by atoms with Gasteiger partial charge in [0.1, 0.15) is 23.6 Å². The fourth-order valence-corrected chi connectivity index (χ4v) is 4.21. The molecule has 1 heterocycles. The van der Waals surface area contributed by atoms with Crippen LogP contribution in [-0.2, 0) is 32.1 Å². The van der Waals surface area contributed by atoms with Crippen LogP contribution >= 0.6 is 11.8 Å². The van der Waals surface area contributed by atoms with E-state index < -0.39 is 23.2 Å². The molecule has 36 heavy (non-hydrogen) atoms. The lowest BCUT2D eigenvalue weighted by Crippen LogP contribution is -2.44. The topological polar surface area (TPSA) is 118 Å². The molecule has 0 bridgehead atoms. The number of esters is 1. The second-order valence-electron chi connectivity index (χ2n) is 8.25. The Morgan fingerprint density at radius 3 is 2.47 bits per heavy atom. The third-order valence-electron chi connectivity index (χ3n) is 5.01. The summed E-state index contributed by atoms with van der Waals surface area (Å²) in [4.78, 5) is 37.4. The van der Waals surface area contributed by atoms with Gasteiger partial charge in [0.15, 0.2) is 5.17 Å². The Balaban J connectivity index is 1.58. The van der Waals surface area contributed by atoms with Crippen LogP contribution in [0.25, 0.3) is 0 Å². The van der Waals surface area contributed by atoms with Crippen LogP contribution in [0.4, 0.5) is 0 Å². The highest BCUT2D eigenvalue weighted by Gasteiger charge is 2.33. The zero-order chi connectivity index (χ0) is 25.9. The highest BCUT2D eigenvalue weighted by Crippen LogP contribution is 2.23.